The molecule has 0 radical (unpaired) electrons. The first kappa shape index (κ1) is 18.7. The Hall–Kier alpha value is -1.59. The van der Waals surface area contributed by atoms with E-state index in [1.807, 2.05) is 13.0 Å². The second kappa shape index (κ2) is 7.99. The van der Waals surface area contributed by atoms with Crippen LogP contribution in [-0.4, -0.2) is 47.4 Å². The van der Waals surface area contributed by atoms with Crippen LogP contribution < -0.4 is 5.32 Å². The third-order valence-corrected chi connectivity index (χ3v) is 4.69. The van der Waals surface area contributed by atoms with E-state index in [1.165, 1.54) is 5.56 Å². The van der Waals surface area contributed by atoms with Gasteiger partial charge in [-0.3, -0.25) is 4.90 Å². The van der Waals surface area contributed by atoms with Gasteiger partial charge in [0.15, 0.2) is 0 Å². The molecule has 3 atom stereocenters. The van der Waals surface area contributed by atoms with E-state index in [0.29, 0.717) is 12.0 Å². The maximum absolute atomic E-state index is 11.8. The fraction of sp³-hybridized carbons (Fsp3) is 0.632. The van der Waals surface area contributed by atoms with Gasteiger partial charge < -0.3 is 15.2 Å². The number of ether oxygens (including phenoxy) is 1. The summed E-state index contributed by atoms with van der Waals surface area (Å²) in [6.45, 7) is 9.47. The molecule has 0 bridgehead atoms. The van der Waals surface area contributed by atoms with Gasteiger partial charge in [0.25, 0.3) is 0 Å². The summed E-state index contributed by atoms with van der Waals surface area (Å²) in [4.78, 5) is 14.3. The zero-order chi connectivity index (χ0) is 17.7. The van der Waals surface area contributed by atoms with Crippen LogP contribution >= 0.6 is 0 Å². The number of nitrogens with zero attached hydrogens (tertiary/aromatic N) is 1. The van der Waals surface area contributed by atoms with Crippen molar-refractivity contribution in [1.29, 1.82) is 0 Å². The number of benzene rings is 1. The lowest BCUT2D eigenvalue weighted by molar-refractivity contribution is 0.00577. The van der Waals surface area contributed by atoms with E-state index in [1.54, 1.807) is 13.8 Å². The minimum Gasteiger partial charge on any atom is -0.447 e. The van der Waals surface area contributed by atoms with Gasteiger partial charge in [0.2, 0.25) is 0 Å². The average molecular weight is 334 g/mol. The largest absolute Gasteiger partial charge is 0.447 e. The number of hydrogen-bond acceptors (Lipinski definition) is 4. The van der Waals surface area contributed by atoms with Gasteiger partial charge in [-0.1, -0.05) is 30.3 Å². The quantitative estimate of drug-likeness (QED) is 0.840. The first-order chi connectivity index (χ1) is 11.3. The van der Waals surface area contributed by atoms with E-state index in [9.17, 15) is 9.90 Å². The van der Waals surface area contributed by atoms with Gasteiger partial charge in [0, 0.05) is 18.6 Å². The molecule has 1 aromatic rings. The second-order valence-corrected chi connectivity index (χ2v) is 7.45. The molecule has 2 rings (SSSR count). The van der Waals surface area contributed by atoms with Gasteiger partial charge in [-0.2, -0.15) is 0 Å². The molecule has 0 aliphatic carbocycles. The van der Waals surface area contributed by atoms with Crippen LogP contribution in [0.25, 0.3) is 0 Å². The number of carbonyl (C=O) groups excluding carboxylic acids is 1. The number of likely N-dealkylation sites (tertiary alicyclic amines) is 1. The molecular formula is C19H30N2O3. The van der Waals surface area contributed by atoms with Crippen LogP contribution in [0, 0.1) is 5.92 Å². The first-order valence-electron chi connectivity index (χ1n) is 8.71. The van der Waals surface area contributed by atoms with Gasteiger partial charge >= 0.3 is 6.09 Å². The van der Waals surface area contributed by atoms with Crippen LogP contribution in [0.2, 0.25) is 0 Å². The van der Waals surface area contributed by atoms with E-state index in [0.717, 1.165) is 19.5 Å². The Kier molecular flexibility index (Phi) is 6.24. The van der Waals surface area contributed by atoms with E-state index in [2.05, 4.69) is 41.4 Å². The summed E-state index contributed by atoms with van der Waals surface area (Å²) in [6, 6.07) is 10.9. The number of rotatable bonds is 6. The second-order valence-electron chi connectivity index (χ2n) is 7.45. The number of alkyl carbamates (subject to hydrolysis) is 1. The van der Waals surface area contributed by atoms with Gasteiger partial charge in [-0.05, 0) is 52.1 Å². The highest BCUT2D eigenvalue weighted by Crippen LogP contribution is 2.28. The highest BCUT2D eigenvalue weighted by Gasteiger charge is 2.31. The lowest BCUT2D eigenvalue weighted by Crippen LogP contribution is -2.41. The molecule has 5 nitrogen and oxygen atoms in total. The first-order valence-corrected chi connectivity index (χ1v) is 8.71. The average Bonchev–Trinajstić information content (AvgIpc) is 3.02. The van der Waals surface area contributed by atoms with Crippen molar-refractivity contribution in [2.24, 2.45) is 5.92 Å². The lowest BCUT2D eigenvalue weighted by Gasteiger charge is -2.26. The lowest BCUT2D eigenvalue weighted by atomic mass is 10.0. The van der Waals surface area contributed by atoms with Crippen LogP contribution in [0.15, 0.2) is 30.3 Å². The molecule has 1 amide bonds. The maximum atomic E-state index is 11.8. The predicted octanol–water partition coefficient (Wildman–Crippen LogP) is 2.96. The molecule has 1 aliphatic rings. The highest BCUT2D eigenvalue weighted by molar-refractivity contribution is 5.67. The van der Waals surface area contributed by atoms with Gasteiger partial charge in [0.1, 0.15) is 6.61 Å². The molecule has 24 heavy (non-hydrogen) atoms. The van der Waals surface area contributed by atoms with Gasteiger partial charge in [0.05, 0.1) is 5.60 Å². The molecule has 0 saturated carbocycles. The van der Waals surface area contributed by atoms with Gasteiger partial charge in [-0.15, -0.1) is 0 Å². The molecule has 5 heteroatoms. The molecule has 1 aliphatic heterocycles. The summed E-state index contributed by atoms with van der Waals surface area (Å²) in [5, 5.41) is 12.5. The fourth-order valence-corrected chi connectivity index (χ4v) is 3.11. The van der Waals surface area contributed by atoms with Crippen molar-refractivity contribution in [3.63, 3.8) is 0 Å². The monoisotopic (exact) mass is 334 g/mol. The van der Waals surface area contributed by atoms with Crippen molar-refractivity contribution in [2.75, 3.05) is 19.7 Å². The third kappa shape index (κ3) is 5.49. The maximum Gasteiger partial charge on any atom is 0.407 e. The van der Waals surface area contributed by atoms with Crippen molar-refractivity contribution in [3.05, 3.63) is 35.9 Å². The third-order valence-electron chi connectivity index (χ3n) is 4.69. The Labute approximate surface area is 145 Å². The molecule has 1 fully saturated rings. The van der Waals surface area contributed by atoms with E-state index < -0.39 is 11.7 Å². The van der Waals surface area contributed by atoms with Crippen LogP contribution in [0.3, 0.4) is 0 Å². The minimum atomic E-state index is -1.00. The minimum absolute atomic E-state index is 0.00656. The van der Waals surface area contributed by atoms with E-state index in [-0.39, 0.29) is 12.6 Å². The number of amides is 1. The summed E-state index contributed by atoms with van der Waals surface area (Å²) < 4.78 is 5.07. The number of nitrogens with one attached hydrogen (secondary N) is 1. The van der Waals surface area contributed by atoms with Crippen molar-refractivity contribution in [3.8, 4) is 0 Å². The molecule has 0 aromatic heterocycles. The zero-order valence-electron chi connectivity index (χ0n) is 15.2. The SMILES string of the molecule is C[C@H](NC(=O)OCC(C)(C)O)[C@H]1CCN([C@@H](C)c2ccccc2)C1. The van der Waals surface area contributed by atoms with E-state index >= 15 is 0 Å². The summed E-state index contributed by atoms with van der Waals surface area (Å²) in [6.07, 6.45) is 0.601. The smallest absolute Gasteiger partial charge is 0.407 e. The number of aliphatic hydroxyl groups is 1. The van der Waals surface area contributed by atoms with Crippen molar-refractivity contribution < 1.29 is 14.6 Å². The molecule has 2 N–H and O–H groups in total. The van der Waals surface area contributed by atoms with Gasteiger partial charge in [-0.25, -0.2) is 4.79 Å². The normalized spacial score (nSPS) is 21.3. The molecule has 0 spiro atoms. The molecule has 134 valence electrons. The molecule has 1 saturated heterocycles. The standard InChI is InChI=1S/C19H30N2O3/c1-14(20-18(22)24-13-19(3,4)23)17-10-11-21(12-17)15(2)16-8-6-5-7-9-16/h5-9,14-15,17,23H,10-13H2,1-4H3,(H,20,22)/t14-,15-,17-/m0/s1. The summed E-state index contributed by atoms with van der Waals surface area (Å²) >= 11 is 0. The Morgan fingerprint density at radius 3 is 2.67 bits per heavy atom. The summed E-state index contributed by atoms with van der Waals surface area (Å²) in [5.74, 6) is 0.408. The summed E-state index contributed by atoms with van der Waals surface area (Å²) in [5.41, 5.74) is 0.318. The van der Waals surface area contributed by atoms with Crippen LogP contribution in [-0.2, 0) is 4.74 Å². The Balaban J connectivity index is 1.81. The molecule has 0 unspecified atom stereocenters. The van der Waals surface area contributed by atoms with Crippen LogP contribution in [0.5, 0.6) is 0 Å². The highest BCUT2D eigenvalue weighted by atomic mass is 16.6. The van der Waals surface area contributed by atoms with E-state index in [4.69, 9.17) is 4.74 Å². The fourth-order valence-electron chi connectivity index (χ4n) is 3.11. The molecular weight excluding hydrogens is 304 g/mol. The Bertz CT molecular complexity index is 527. The molecule has 1 heterocycles. The van der Waals surface area contributed by atoms with Crippen LogP contribution in [0.4, 0.5) is 4.79 Å². The Morgan fingerprint density at radius 2 is 2.04 bits per heavy atom. The topological polar surface area (TPSA) is 61.8 Å². The summed E-state index contributed by atoms with van der Waals surface area (Å²) in [7, 11) is 0. The van der Waals surface area contributed by atoms with Crippen molar-refractivity contribution in [2.45, 2.75) is 51.8 Å². The molecule has 1 aromatic carbocycles. The predicted molar refractivity (Wildman–Crippen MR) is 94.8 cm³/mol. The number of hydrogen-bond donors (Lipinski definition) is 2. The van der Waals surface area contributed by atoms with Crippen LogP contribution in [0.1, 0.15) is 45.7 Å². The zero-order valence-corrected chi connectivity index (χ0v) is 15.2. The number of carbonyl (C=O) groups is 1. The Morgan fingerprint density at radius 1 is 1.38 bits per heavy atom. The van der Waals surface area contributed by atoms with Crippen molar-refractivity contribution in [1.82, 2.24) is 10.2 Å². The van der Waals surface area contributed by atoms with Crippen molar-refractivity contribution >= 4 is 6.09 Å².